The molecule has 0 amide bonds. The van der Waals surface area contributed by atoms with Gasteiger partial charge in [0.05, 0.1) is 12.8 Å². The van der Waals surface area contributed by atoms with E-state index in [1.54, 1.807) is 7.11 Å². The fraction of sp³-hybridized carbons (Fsp3) is 0.647. The molecule has 0 aliphatic heterocycles. The quantitative estimate of drug-likeness (QED) is 0.531. The van der Waals surface area contributed by atoms with Crippen molar-refractivity contribution in [3.05, 3.63) is 35.4 Å². The van der Waals surface area contributed by atoms with E-state index >= 15 is 0 Å². The molecule has 0 aliphatic carbocycles. The van der Waals surface area contributed by atoms with E-state index < -0.39 is 0 Å². The van der Waals surface area contributed by atoms with Crippen molar-refractivity contribution in [2.24, 2.45) is 5.92 Å². The van der Waals surface area contributed by atoms with Crippen molar-refractivity contribution in [2.75, 3.05) is 27.2 Å². The van der Waals surface area contributed by atoms with Crippen LogP contribution < -0.4 is 5.32 Å². The predicted octanol–water partition coefficient (Wildman–Crippen LogP) is 3.26. The summed E-state index contributed by atoms with van der Waals surface area (Å²) in [5, 5.41) is 3.20. The van der Waals surface area contributed by atoms with E-state index in [-0.39, 0.29) is 19.0 Å². The molecule has 0 saturated carbocycles. The summed E-state index contributed by atoms with van der Waals surface area (Å²) in [6.07, 6.45) is -0.162. The van der Waals surface area contributed by atoms with Gasteiger partial charge in [0.25, 0.3) is 0 Å². The lowest BCUT2D eigenvalue weighted by Gasteiger charge is -2.31. The first-order chi connectivity index (χ1) is 10.1. The van der Waals surface area contributed by atoms with Crippen LogP contribution in [0.4, 0.5) is 0 Å². The fourth-order valence-corrected chi connectivity index (χ4v) is 2.30. The Balaban J connectivity index is 2.94. The Bertz CT molecular complexity index is 395. The van der Waals surface area contributed by atoms with Crippen LogP contribution in [0.5, 0.6) is 0 Å². The normalized spacial score (nSPS) is 14.4. The molecule has 1 aromatic carbocycles. The molecule has 0 fully saturated rings. The highest BCUT2D eigenvalue weighted by Crippen LogP contribution is 2.30. The second-order valence-electron chi connectivity index (χ2n) is 5.47. The van der Waals surface area contributed by atoms with Crippen molar-refractivity contribution in [3.63, 3.8) is 0 Å². The van der Waals surface area contributed by atoms with Gasteiger partial charge in [0, 0.05) is 7.11 Å². The summed E-state index contributed by atoms with van der Waals surface area (Å²) < 4.78 is 17.1. The van der Waals surface area contributed by atoms with E-state index in [9.17, 15) is 0 Å². The van der Waals surface area contributed by atoms with Gasteiger partial charge in [0.2, 0.25) is 0 Å². The lowest BCUT2D eigenvalue weighted by atomic mass is 9.93. The summed E-state index contributed by atoms with van der Waals surface area (Å²) in [6.45, 7) is 10.1. The molecule has 0 aliphatic rings. The van der Waals surface area contributed by atoms with E-state index in [2.05, 4.69) is 45.1 Å². The zero-order chi connectivity index (χ0) is 15.7. The Morgan fingerprint density at radius 3 is 2.43 bits per heavy atom. The third-order valence-electron chi connectivity index (χ3n) is 3.44. The van der Waals surface area contributed by atoms with Crippen molar-refractivity contribution in [1.82, 2.24) is 5.32 Å². The van der Waals surface area contributed by atoms with E-state index in [0.29, 0.717) is 12.6 Å². The maximum atomic E-state index is 6.02. The molecule has 0 heterocycles. The molecule has 0 bridgehead atoms. The van der Waals surface area contributed by atoms with Crippen LogP contribution in [0, 0.1) is 12.8 Å². The van der Waals surface area contributed by atoms with E-state index in [1.807, 2.05) is 12.1 Å². The molecule has 0 aromatic heterocycles. The number of aryl methyl sites for hydroxylation is 1. The first kappa shape index (κ1) is 18.1. The van der Waals surface area contributed by atoms with Gasteiger partial charge in [0.15, 0.2) is 0 Å². The Hall–Kier alpha value is -0.940. The van der Waals surface area contributed by atoms with E-state index in [4.69, 9.17) is 14.2 Å². The van der Waals surface area contributed by atoms with Gasteiger partial charge in [-0.2, -0.15) is 0 Å². The highest BCUT2D eigenvalue weighted by Gasteiger charge is 2.28. The maximum absolute atomic E-state index is 6.02. The average molecular weight is 295 g/mol. The van der Waals surface area contributed by atoms with Crippen molar-refractivity contribution in [1.29, 1.82) is 0 Å². The number of ether oxygens (including phenoxy) is 3. The van der Waals surface area contributed by atoms with Crippen LogP contribution >= 0.6 is 0 Å². The minimum Gasteiger partial charge on any atom is -0.360 e. The lowest BCUT2D eigenvalue weighted by Crippen LogP contribution is -2.34. The molecule has 120 valence electrons. The van der Waals surface area contributed by atoms with Crippen molar-refractivity contribution >= 4 is 0 Å². The molecule has 0 radical (unpaired) electrons. The molecule has 4 heteroatoms. The number of methoxy groups -OCH3 is 1. The van der Waals surface area contributed by atoms with Gasteiger partial charge in [-0.15, -0.1) is 0 Å². The highest BCUT2D eigenvalue weighted by atomic mass is 16.7. The van der Waals surface area contributed by atoms with Gasteiger partial charge in [-0.05, 0) is 30.5 Å². The third kappa shape index (κ3) is 5.75. The minimum atomic E-state index is -0.134. The van der Waals surface area contributed by atoms with Crippen LogP contribution in [-0.4, -0.2) is 33.3 Å². The summed E-state index contributed by atoms with van der Waals surface area (Å²) in [5.41, 5.74) is 2.36. The molecule has 0 spiro atoms. The van der Waals surface area contributed by atoms with Crippen LogP contribution in [0.3, 0.4) is 0 Å². The van der Waals surface area contributed by atoms with Crippen LogP contribution in [-0.2, 0) is 14.2 Å². The molecule has 1 aromatic rings. The first-order valence-corrected chi connectivity index (χ1v) is 7.60. The van der Waals surface area contributed by atoms with E-state index in [1.165, 1.54) is 5.56 Å². The van der Waals surface area contributed by atoms with Crippen LogP contribution in [0.25, 0.3) is 0 Å². The molecular formula is C17H29NO3. The number of hydrogen-bond donors (Lipinski definition) is 1. The smallest absolute Gasteiger partial charge is 0.147 e. The van der Waals surface area contributed by atoms with Crippen LogP contribution in [0.2, 0.25) is 0 Å². The minimum absolute atomic E-state index is 0.0275. The zero-order valence-corrected chi connectivity index (χ0v) is 13.9. The lowest BCUT2D eigenvalue weighted by molar-refractivity contribution is -0.144. The topological polar surface area (TPSA) is 39.7 Å². The number of nitrogens with one attached hydrogen (secondary N) is 1. The fourth-order valence-electron chi connectivity index (χ4n) is 2.30. The average Bonchev–Trinajstić information content (AvgIpc) is 2.47. The molecule has 2 unspecified atom stereocenters. The van der Waals surface area contributed by atoms with Gasteiger partial charge >= 0.3 is 0 Å². The summed E-state index contributed by atoms with van der Waals surface area (Å²) in [7, 11) is 1.64. The second kappa shape index (κ2) is 9.90. The molecule has 21 heavy (non-hydrogen) atoms. The molecule has 4 nitrogen and oxygen atoms in total. The Labute approximate surface area is 128 Å². The Morgan fingerprint density at radius 2 is 1.86 bits per heavy atom. The number of hydrogen-bond acceptors (Lipinski definition) is 4. The maximum Gasteiger partial charge on any atom is 0.147 e. The van der Waals surface area contributed by atoms with Gasteiger partial charge < -0.3 is 14.2 Å². The van der Waals surface area contributed by atoms with Crippen LogP contribution in [0.15, 0.2) is 24.3 Å². The monoisotopic (exact) mass is 295 g/mol. The van der Waals surface area contributed by atoms with E-state index in [0.717, 1.165) is 12.1 Å². The predicted molar refractivity (Wildman–Crippen MR) is 85.1 cm³/mol. The van der Waals surface area contributed by atoms with Crippen molar-refractivity contribution in [2.45, 2.75) is 39.9 Å². The summed E-state index contributed by atoms with van der Waals surface area (Å²) >= 11 is 0. The van der Waals surface area contributed by atoms with Gasteiger partial charge in [-0.1, -0.05) is 45.0 Å². The van der Waals surface area contributed by atoms with Gasteiger partial charge in [-0.25, -0.2) is 0 Å². The molecule has 1 N–H and O–H groups in total. The standard InChI is InChI=1S/C17H29NO3/c1-6-18-11-20-16(13(2)3)17(21-12-19-5)15-10-8-7-9-14(15)4/h7-10,13,16-18H,6,11-12H2,1-5H3. The molecular weight excluding hydrogens is 266 g/mol. The Kier molecular flexibility index (Phi) is 8.54. The first-order valence-electron chi connectivity index (χ1n) is 7.60. The SMILES string of the molecule is CCNCOC(C(C)C)C(OCOC)c1ccccc1C. The second-order valence-corrected chi connectivity index (χ2v) is 5.47. The van der Waals surface area contributed by atoms with Crippen LogP contribution in [0.1, 0.15) is 38.0 Å². The Morgan fingerprint density at radius 1 is 1.14 bits per heavy atom. The van der Waals surface area contributed by atoms with Crippen molar-refractivity contribution < 1.29 is 14.2 Å². The van der Waals surface area contributed by atoms with Gasteiger partial charge in [0.1, 0.15) is 12.9 Å². The zero-order valence-electron chi connectivity index (χ0n) is 13.9. The molecule has 2 atom stereocenters. The third-order valence-corrected chi connectivity index (χ3v) is 3.44. The number of rotatable bonds is 10. The highest BCUT2D eigenvalue weighted by molar-refractivity contribution is 5.28. The number of benzene rings is 1. The molecule has 1 rings (SSSR count). The molecule has 0 saturated heterocycles. The van der Waals surface area contributed by atoms with Crippen molar-refractivity contribution in [3.8, 4) is 0 Å². The largest absolute Gasteiger partial charge is 0.360 e. The summed E-state index contributed by atoms with van der Waals surface area (Å²) in [6, 6.07) is 8.27. The summed E-state index contributed by atoms with van der Waals surface area (Å²) in [5.74, 6) is 0.338. The summed E-state index contributed by atoms with van der Waals surface area (Å²) in [4.78, 5) is 0. The van der Waals surface area contributed by atoms with Gasteiger partial charge in [-0.3, -0.25) is 5.32 Å².